The first-order valence-electron chi connectivity index (χ1n) is 6.07. The van der Waals surface area contributed by atoms with Crippen molar-refractivity contribution in [2.75, 3.05) is 0 Å². The van der Waals surface area contributed by atoms with Crippen molar-refractivity contribution in [3.8, 4) is 6.07 Å². The molecule has 0 saturated heterocycles. The van der Waals surface area contributed by atoms with E-state index in [1.165, 1.54) is 12.3 Å². The third-order valence-corrected chi connectivity index (χ3v) is 2.73. The highest BCUT2D eigenvalue weighted by molar-refractivity contribution is 6.01. The molecule has 0 unspecified atom stereocenters. The van der Waals surface area contributed by atoms with Gasteiger partial charge in [0.25, 0.3) is 5.91 Å². The topological polar surface area (TPSA) is 78.9 Å². The third-order valence-electron chi connectivity index (χ3n) is 2.73. The van der Waals surface area contributed by atoms with Gasteiger partial charge in [-0.15, -0.1) is 0 Å². The molecule has 2 aromatic heterocycles. The Balaban J connectivity index is 2.09. The molecule has 5 heteroatoms. The first-order valence-corrected chi connectivity index (χ1v) is 6.07. The second-order valence-electron chi connectivity index (χ2n) is 4.17. The fourth-order valence-electron chi connectivity index (χ4n) is 1.65. The van der Waals surface area contributed by atoms with Crippen LogP contribution < -0.4 is 5.32 Å². The Kier molecular flexibility index (Phi) is 4.30. The van der Waals surface area contributed by atoms with Gasteiger partial charge in [-0.3, -0.25) is 9.78 Å². The van der Waals surface area contributed by atoms with Gasteiger partial charge < -0.3 is 9.73 Å². The number of rotatable bonds is 4. The van der Waals surface area contributed by atoms with Gasteiger partial charge in [0.1, 0.15) is 17.4 Å². The molecule has 0 fully saturated rings. The minimum atomic E-state index is -0.444. The molecule has 0 spiro atoms. The maximum Gasteiger partial charge on any atom is 0.262 e. The first kappa shape index (κ1) is 13.6. The van der Waals surface area contributed by atoms with E-state index in [2.05, 4.69) is 10.3 Å². The number of aromatic nitrogens is 1. The van der Waals surface area contributed by atoms with Crippen LogP contribution in [0.15, 0.2) is 52.9 Å². The van der Waals surface area contributed by atoms with E-state index in [0.29, 0.717) is 5.76 Å². The van der Waals surface area contributed by atoms with E-state index >= 15 is 0 Å². The second-order valence-corrected chi connectivity index (χ2v) is 4.17. The summed E-state index contributed by atoms with van der Waals surface area (Å²) >= 11 is 0. The highest BCUT2D eigenvalue weighted by atomic mass is 16.3. The molecule has 0 saturated carbocycles. The van der Waals surface area contributed by atoms with E-state index in [1.807, 2.05) is 19.1 Å². The van der Waals surface area contributed by atoms with Gasteiger partial charge in [0, 0.05) is 18.5 Å². The summed E-state index contributed by atoms with van der Waals surface area (Å²) in [6.07, 6.45) is 6.23. The summed E-state index contributed by atoms with van der Waals surface area (Å²) in [4.78, 5) is 16.0. The molecule has 20 heavy (non-hydrogen) atoms. The molecule has 0 aromatic carbocycles. The number of pyridine rings is 1. The average molecular weight is 267 g/mol. The number of carbonyl (C=O) groups is 1. The fourth-order valence-corrected chi connectivity index (χ4v) is 1.65. The van der Waals surface area contributed by atoms with Crippen molar-refractivity contribution >= 4 is 12.0 Å². The predicted molar refractivity (Wildman–Crippen MR) is 73.1 cm³/mol. The lowest BCUT2D eigenvalue weighted by Crippen LogP contribution is -2.27. The summed E-state index contributed by atoms with van der Waals surface area (Å²) in [6, 6.07) is 8.66. The number of amides is 1. The molecule has 0 aliphatic rings. The van der Waals surface area contributed by atoms with Crippen LogP contribution in [-0.4, -0.2) is 10.9 Å². The maximum atomic E-state index is 12.0. The Hall–Kier alpha value is -2.87. The summed E-state index contributed by atoms with van der Waals surface area (Å²) in [7, 11) is 0. The van der Waals surface area contributed by atoms with Gasteiger partial charge in [-0.05, 0) is 30.7 Å². The molecule has 2 heterocycles. The van der Waals surface area contributed by atoms with E-state index in [1.54, 1.807) is 30.6 Å². The minimum Gasteiger partial charge on any atom is -0.465 e. The molecule has 100 valence electrons. The van der Waals surface area contributed by atoms with Gasteiger partial charge in [0.05, 0.1) is 12.3 Å². The van der Waals surface area contributed by atoms with Crippen molar-refractivity contribution in [1.82, 2.24) is 10.3 Å². The molecular formula is C15H13N3O2. The van der Waals surface area contributed by atoms with Crippen molar-refractivity contribution in [1.29, 1.82) is 5.26 Å². The number of nitrogens with zero attached hydrogens (tertiary/aromatic N) is 2. The molecule has 0 aliphatic carbocycles. The molecule has 0 aliphatic heterocycles. The molecule has 2 rings (SSSR count). The number of nitriles is 1. The Morgan fingerprint density at radius 1 is 1.50 bits per heavy atom. The van der Waals surface area contributed by atoms with Crippen LogP contribution in [0.1, 0.15) is 24.3 Å². The Morgan fingerprint density at radius 2 is 2.35 bits per heavy atom. The highest BCUT2D eigenvalue weighted by Crippen LogP contribution is 2.12. The van der Waals surface area contributed by atoms with Crippen LogP contribution in [0.2, 0.25) is 0 Å². The zero-order chi connectivity index (χ0) is 14.4. The van der Waals surface area contributed by atoms with E-state index in [9.17, 15) is 4.79 Å². The van der Waals surface area contributed by atoms with Crippen LogP contribution in [0, 0.1) is 11.3 Å². The average Bonchev–Trinajstić information content (AvgIpc) is 2.98. The highest BCUT2D eigenvalue weighted by Gasteiger charge is 2.14. The second kappa shape index (κ2) is 6.34. The fraction of sp³-hybridized carbons (Fsp3) is 0.133. The van der Waals surface area contributed by atoms with Crippen LogP contribution in [0.4, 0.5) is 0 Å². The van der Waals surface area contributed by atoms with Crippen LogP contribution >= 0.6 is 0 Å². The maximum absolute atomic E-state index is 12.0. The van der Waals surface area contributed by atoms with E-state index in [4.69, 9.17) is 9.68 Å². The number of hydrogen-bond acceptors (Lipinski definition) is 4. The molecule has 2 aromatic rings. The molecule has 0 radical (unpaired) electrons. The summed E-state index contributed by atoms with van der Waals surface area (Å²) in [5, 5.41) is 11.8. The van der Waals surface area contributed by atoms with E-state index < -0.39 is 5.91 Å². The van der Waals surface area contributed by atoms with Gasteiger partial charge in [0.2, 0.25) is 0 Å². The van der Waals surface area contributed by atoms with Crippen molar-refractivity contribution < 1.29 is 9.21 Å². The minimum absolute atomic E-state index is 0.00399. The summed E-state index contributed by atoms with van der Waals surface area (Å²) in [6.45, 7) is 1.83. The molecule has 1 atom stereocenters. The molecular weight excluding hydrogens is 254 g/mol. The van der Waals surface area contributed by atoms with Gasteiger partial charge in [-0.1, -0.05) is 6.07 Å². The lowest BCUT2D eigenvalue weighted by Gasteiger charge is -2.13. The van der Waals surface area contributed by atoms with Gasteiger partial charge in [-0.2, -0.15) is 5.26 Å². The third kappa shape index (κ3) is 3.33. The van der Waals surface area contributed by atoms with Crippen LogP contribution in [0.3, 0.4) is 0 Å². The summed E-state index contributed by atoms with van der Waals surface area (Å²) in [5.41, 5.74) is 0.867. The Morgan fingerprint density at radius 3 is 2.95 bits per heavy atom. The molecule has 0 bridgehead atoms. The largest absolute Gasteiger partial charge is 0.465 e. The van der Waals surface area contributed by atoms with E-state index in [0.717, 1.165) is 5.56 Å². The van der Waals surface area contributed by atoms with Gasteiger partial charge >= 0.3 is 0 Å². The predicted octanol–water partition coefficient (Wildman–Crippen LogP) is 2.46. The van der Waals surface area contributed by atoms with Gasteiger partial charge in [-0.25, -0.2) is 0 Å². The molecule has 1 amide bonds. The van der Waals surface area contributed by atoms with Crippen LogP contribution in [0.5, 0.6) is 0 Å². The first-order chi connectivity index (χ1) is 9.70. The smallest absolute Gasteiger partial charge is 0.262 e. The lowest BCUT2D eigenvalue weighted by atomic mass is 10.1. The molecule has 5 nitrogen and oxygen atoms in total. The Bertz CT molecular complexity index is 640. The number of carbonyl (C=O) groups excluding carboxylic acids is 1. The standard InChI is InChI=1S/C15H13N3O2/c1-11(12-4-2-6-17-10-12)18-15(19)13(9-16)8-14-5-3-7-20-14/h2-8,10-11H,1H3,(H,18,19)/b13-8-/t11-/m0/s1. The Labute approximate surface area is 116 Å². The quantitative estimate of drug-likeness (QED) is 0.681. The summed E-state index contributed by atoms with van der Waals surface area (Å²) in [5.74, 6) is 0.0194. The van der Waals surface area contributed by atoms with Crippen LogP contribution in [0.25, 0.3) is 6.08 Å². The number of hydrogen-bond donors (Lipinski definition) is 1. The van der Waals surface area contributed by atoms with Gasteiger partial charge in [0.15, 0.2) is 0 Å². The monoisotopic (exact) mass is 267 g/mol. The normalized spacial score (nSPS) is 12.5. The van der Waals surface area contributed by atoms with Crippen molar-refractivity contribution in [3.63, 3.8) is 0 Å². The zero-order valence-corrected chi connectivity index (χ0v) is 10.9. The summed E-state index contributed by atoms with van der Waals surface area (Å²) < 4.78 is 5.09. The van der Waals surface area contributed by atoms with Crippen molar-refractivity contribution in [2.24, 2.45) is 0 Å². The number of nitrogens with one attached hydrogen (secondary N) is 1. The SMILES string of the molecule is C[C@H](NC(=O)/C(C#N)=C\c1ccco1)c1cccnc1. The lowest BCUT2D eigenvalue weighted by molar-refractivity contribution is -0.117. The van der Waals surface area contributed by atoms with E-state index in [-0.39, 0.29) is 11.6 Å². The zero-order valence-electron chi connectivity index (χ0n) is 10.9. The number of furan rings is 1. The van der Waals surface area contributed by atoms with Crippen LogP contribution in [-0.2, 0) is 4.79 Å². The van der Waals surface area contributed by atoms with Crippen molar-refractivity contribution in [3.05, 3.63) is 59.8 Å². The van der Waals surface area contributed by atoms with Crippen molar-refractivity contribution in [2.45, 2.75) is 13.0 Å². The molecule has 1 N–H and O–H groups in total.